The number of aromatic nitrogens is 2. The van der Waals surface area contributed by atoms with Gasteiger partial charge in [0, 0.05) is 23.1 Å². The number of halogens is 5. The van der Waals surface area contributed by atoms with Crippen LogP contribution >= 0.6 is 0 Å². The Morgan fingerprint density at radius 2 is 1.86 bits per heavy atom. The maximum Gasteiger partial charge on any atom is 0.386 e. The molecule has 1 amide bonds. The van der Waals surface area contributed by atoms with Gasteiger partial charge in [-0.15, -0.1) is 5.12 Å². The van der Waals surface area contributed by atoms with Crippen LogP contribution in [0.2, 0.25) is 0 Å². The Bertz CT molecular complexity index is 1050. The van der Waals surface area contributed by atoms with Crippen LogP contribution in [0.3, 0.4) is 0 Å². The molecule has 1 aliphatic rings. The van der Waals surface area contributed by atoms with E-state index in [0.717, 1.165) is 17.2 Å². The minimum absolute atomic E-state index is 0.326. The molecule has 3 aromatic rings. The third-order valence-corrected chi connectivity index (χ3v) is 4.60. The highest BCUT2D eigenvalue weighted by Crippen LogP contribution is 2.41. The lowest BCUT2D eigenvalue weighted by atomic mass is 10.1. The molecule has 28 heavy (non-hydrogen) atoms. The number of benzene rings is 2. The molecule has 0 atom stereocenters. The second kappa shape index (κ2) is 6.43. The smallest absolute Gasteiger partial charge is 0.277 e. The van der Waals surface area contributed by atoms with Crippen molar-refractivity contribution in [2.75, 3.05) is 5.12 Å². The molecule has 0 unspecified atom stereocenters. The van der Waals surface area contributed by atoms with Crippen molar-refractivity contribution in [1.82, 2.24) is 10.2 Å². The number of alkyl halides is 4. The lowest BCUT2D eigenvalue weighted by Gasteiger charge is -2.19. The number of nitrogens with zero attached hydrogens (tertiary/aromatic N) is 2. The molecule has 144 valence electrons. The summed E-state index contributed by atoms with van der Waals surface area (Å²) in [6.07, 6.45) is -3.97. The lowest BCUT2D eigenvalue weighted by molar-refractivity contribution is -0.169. The van der Waals surface area contributed by atoms with Crippen molar-refractivity contribution in [1.29, 1.82) is 0 Å². The Balaban J connectivity index is 1.66. The lowest BCUT2D eigenvalue weighted by Crippen LogP contribution is -2.44. The fourth-order valence-corrected chi connectivity index (χ4v) is 3.22. The van der Waals surface area contributed by atoms with Crippen molar-refractivity contribution >= 4 is 11.6 Å². The topological polar surface area (TPSA) is 49.0 Å². The summed E-state index contributed by atoms with van der Waals surface area (Å²) in [4.78, 5) is 11.4. The van der Waals surface area contributed by atoms with Crippen molar-refractivity contribution in [2.45, 2.75) is 18.8 Å². The van der Waals surface area contributed by atoms with Crippen molar-refractivity contribution in [3.63, 3.8) is 0 Å². The molecule has 2 aromatic carbocycles. The number of hydrogen-bond acceptors (Lipinski definition) is 2. The first-order valence-electron chi connectivity index (χ1n) is 8.23. The number of carbonyl (C=O) groups is 1. The molecule has 4 nitrogen and oxygen atoms in total. The summed E-state index contributed by atoms with van der Waals surface area (Å²) in [5.74, 6) is -7.71. The number of nitrogens with one attached hydrogen (secondary N) is 1. The summed E-state index contributed by atoms with van der Waals surface area (Å²) in [5.41, 5.74) is 3.81. The van der Waals surface area contributed by atoms with E-state index >= 15 is 0 Å². The molecule has 0 radical (unpaired) electrons. The van der Waals surface area contributed by atoms with Gasteiger partial charge in [0.15, 0.2) is 0 Å². The Kier molecular flexibility index (Phi) is 4.17. The first-order chi connectivity index (χ1) is 13.3. The van der Waals surface area contributed by atoms with E-state index in [1.54, 1.807) is 0 Å². The van der Waals surface area contributed by atoms with Crippen molar-refractivity contribution < 1.29 is 26.8 Å². The maximum absolute atomic E-state index is 14.1. The summed E-state index contributed by atoms with van der Waals surface area (Å²) < 4.78 is 65.1. The van der Waals surface area contributed by atoms with Crippen LogP contribution in [0, 0.1) is 0 Å². The van der Waals surface area contributed by atoms with Crippen LogP contribution in [0.25, 0.3) is 22.5 Å². The summed E-state index contributed by atoms with van der Waals surface area (Å²) in [6, 6.07) is 13.0. The third kappa shape index (κ3) is 2.74. The molecule has 0 saturated carbocycles. The quantitative estimate of drug-likeness (QED) is 0.401. The van der Waals surface area contributed by atoms with Gasteiger partial charge in [-0.2, -0.15) is 13.9 Å². The van der Waals surface area contributed by atoms with Gasteiger partial charge < -0.3 is 0 Å². The van der Waals surface area contributed by atoms with Crippen LogP contribution in [0.1, 0.15) is 11.1 Å². The van der Waals surface area contributed by atoms with Crippen LogP contribution in [0.5, 0.6) is 0 Å². The molecule has 1 aliphatic carbocycles. The molecule has 1 heterocycles. The van der Waals surface area contributed by atoms with Gasteiger partial charge in [-0.1, -0.05) is 40.9 Å². The van der Waals surface area contributed by atoms with Crippen LogP contribution in [-0.4, -0.2) is 28.5 Å². The Labute approximate surface area is 155 Å². The minimum Gasteiger partial charge on any atom is -0.277 e. The number of anilines is 1. The summed E-state index contributed by atoms with van der Waals surface area (Å²) >= 11 is 0. The van der Waals surface area contributed by atoms with Gasteiger partial charge in [0.2, 0.25) is 0 Å². The van der Waals surface area contributed by atoms with Gasteiger partial charge in [0.25, 0.3) is 0 Å². The largest absolute Gasteiger partial charge is 0.386 e. The van der Waals surface area contributed by atoms with E-state index in [1.165, 1.54) is 12.1 Å². The van der Waals surface area contributed by atoms with Crippen molar-refractivity contribution in [3.05, 3.63) is 59.7 Å². The SMILES string of the molecule is O=C(N(F)c1ccc2c(c1)Cc1c(-c3ccccc3)n[nH]c1-2)C(F)(F)C(F)F. The standard InChI is InChI=1S/C19H12F5N3O/c20-17(21)19(22,23)18(28)27(24)12-6-7-13-11(8-12)9-14-15(25-26-16(13)14)10-4-2-1-3-5-10/h1-8,17H,9H2,(H,25,26). The third-order valence-electron chi connectivity index (χ3n) is 4.60. The number of carbonyl (C=O) groups excluding carboxylic acids is 1. The molecule has 9 heteroatoms. The second-order valence-electron chi connectivity index (χ2n) is 6.32. The van der Waals surface area contributed by atoms with Gasteiger partial charge in [0.05, 0.1) is 17.1 Å². The highest BCUT2D eigenvalue weighted by Gasteiger charge is 2.52. The highest BCUT2D eigenvalue weighted by atomic mass is 19.3. The summed E-state index contributed by atoms with van der Waals surface area (Å²) in [6.45, 7) is 0. The van der Waals surface area contributed by atoms with E-state index in [9.17, 15) is 26.8 Å². The zero-order chi connectivity index (χ0) is 20.1. The fraction of sp³-hybridized carbons (Fsp3) is 0.158. The van der Waals surface area contributed by atoms with Crippen LogP contribution in [0.4, 0.5) is 27.7 Å². The van der Waals surface area contributed by atoms with E-state index in [2.05, 4.69) is 10.2 Å². The minimum atomic E-state index is -5.11. The number of fused-ring (bicyclic) bond motifs is 3. The molecular formula is C19H12F5N3O. The zero-order valence-corrected chi connectivity index (χ0v) is 14.1. The number of aromatic amines is 1. The monoisotopic (exact) mass is 393 g/mol. The molecule has 1 aromatic heterocycles. The number of hydrogen-bond donors (Lipinski definition) is 1. The fourth-order valence-electron chi connectivity index (χ4n) is 3.22. The summed E-state index contributed by atoms with van der Waals surface area (Å²) in [7, 11) is 0. The maximum atomic E-state index is 14.1. The molecule has 0 spiro atoms. The Hall–Kier alpha value is -3.23. The molecule has 4 rings (SSSR count). The molecule has 0 bridgehead atoms. The molecule has 0 aliphatic heterocycles. The first-order valence-corrected chi connectivity index (χ1v) is 8.23. The van der Waals surface area contributed by atoms with Gasteiger partial charge in [-0.25, -0.2) is 8.78 Å². The van der Waals surface area contributed by atoms with Crippen LogP contribution < -0.4 is 5.12 Å². The normalized spacial score (nSPS) is 12.8. The Morgan fingerprint density at radius 3 is 2.54 bits per heavy atom. The highest BCUT2D eigenvalue weighted by molar-refractivity contribution is 5.97. The molecule has 0 saturated heterocycles. The van der Waals surface area contributed by atoms with E-state index in [4.69, 9.17) is 0 Å². The average Bonchev–Trinajstić information content (AvgIpc) is 3.25. The average molecular weight is 393 g/mol. The Morgan fingerprint density at radius 1 is 1.14 bits per heavy atom. The molecule has 0 fully saturated rings. The van der Waals surface area contributed by atoms with Gasteiger partial charge in [-0.05, 0) is 17.7 Å². The predicted molar refractivity (Wildman–Crippen MR) is 91.8 cm³/mol. The summed E-state index contributed by atoms with van der Waals surface area (Å²) in [5, 5.41) is 6.27. The van der Waals surface area contributed by atoms with Crippen LogP contribution in [-0.2, 0) is 11.2 Å². The van der Waals surface area contributed by atoms with Crippen LogP contribution in [0.15, 0.2) is 48.5 Å². The van der Waals surface area contributed by atoms with E-state index in [1.807, 2.05) is 30.3 Å². The molecular weight excluding hydrogens is 381 g/mol. The molecule has 1 N–H and O–H groups in total. The van der Waals surface area contributed by atoms with Gasteiger partial charge in [0.1, 0.15) is 0 Å². The predicted octanol–water partition coefficient (Wildman–Crippen LogP) is 4.77. The second-order valence-corrected chi connectivity index (χ2v) is 6.32. The van der Waals surface area contributed by atoms with E-state index < -0.39 is 29.1 Å². The number of amides is 1. The van der Waals surface area contributed by atoms with Gasteiger partial charge >= 0.3 is 18.3 Å². The van der Waals surface area contributed by atoms with Crippen molar-refractivity contribution in [3.8, 4) is 22.5 Å². The number of H-pyrrole nitrogens is 1. The number of rotatable bonds is 4. The first kappa shape index (κ1) is 18.1. The van der Waals surface area contributed by atoms with Gasteiger partial charge in [-0.3, -0.25) is 9.89 Å². The van der Waals surface area contributed by atoms with E-state index in [0.29, 0.717) is 28.9 Å². The van der Waals surface area contributed by atoms with Crippen molar-refractivity contribution in [2.24, 2.45) is 0 Å². The van der Waals surface area contributed by atoms with E-state index in [-0.39, 0.29) is 0 Å². The zero-order valence-electron chi connectivity index (χ0n) is 14.1.